The van der Waals surface area contributed by atoms with Crippen LogP contribution in [0, 0.1) is 12.8 Å². The fourth-order valence-corrected chi connectivity index (χ4v) is 4.01. The van der Waals surface area contributed by atoms with Crippen LogP contribution in [0.3, 0.4) is 0 Å². The zero-order valence-corrected chi connectivity index (χ0v) is 16.3. The number of hydrogen-bond acceptors (Lipinski definition) is 4. The maximum Gasteiger partial charge on any atom is 0.317 e. The molecule has 1 fully saturated rings. The number of carbonyl (C=O) groups excluding carboxylic acids is 1. The molecule has 0 saturated carbocycles. The van der Waals surface area contributed by atoms with Crippen LogP contribution in [0.1, 0.15) is 30.5 Å². The quantitative estimate of drug-likeness (QED) is 0.825. The van der Waals surface area contributed by atoms with Gasteiger partial charge in [-0.3, -0.25) is 0 Å². The highest BCUT2D eigenvalue weighted by Crippen LogP contribution is 2.27. The Kier molecular flexibility index (Phi) is 5.52. The third-order valence-electron chi connectivity index (χ3n) is 5.19. The van der Waals surface area contributed by atoms with Crippen molar-refractivity contribution in [1.82, 2.24) is 19.8 Å². The zero-order valence-electron chi connectivity index (χ0n) is 15.5. The number of aryl methyl sites for hydroxylation is 1. The molecule has 9 heteroatoms. The van der Waals surface area contributed by atoms with Gasteiger partial charge >= 0.3 is 6.03 Å². The minimum absolute atomic E-state index is 0.0725. The van der Waals surface area contributed by atoms with Gasteiger partial charge in [0.1, 0.15) is 0 Å². The van der Waals surface area contributed by atoms with Crippen molar-refractivity contribution in [2.75, 3.05) is 13.1 Å². The molecule has 1 aromatic heterocycles. The van der Waals surface area contributed by atoms with Crippen LogP contribution >= 0.6 is 0 Å². The summed E-state index contributed by atoms with van der Waals surface area (Å²) in [5.74, 6) is 0.469. The van der Waals surface area contributed by atoms with Crippen LogP contribution in [-0.4, -0.2) is 42.0 Å². The summed E-state index contributed by atoms with van der Waals surface area (Å²) in [6, 6.07) is 4.75. The first-order chi connectivity index (χ1) is 12.8. The van der Waals surface area contributed by atoms with Crippen LogP contribution in [0.4, 0.5) is 4.79 Å². The van der Waals surface area contributed by atoms with Gasteiger partial charge < -0.3 is 14.8 Å². The number of amides is 2. The van der Waals surface area contributed by atoms with Crippen LogP contribution in [-0.2, 0) is 16.6 Å². The summed E-state index contributed by atoms with van der Waals surface area (Å²) in [5, 5.41) is 8.08. The molecule has 1 aliphatic rings. The van der Waals surface area contributed by atoms with Crippen LogP contribution in [0.15, 0.2) is 41.8 Å². The molecule has 8 nitrogen and oxygen atoms in total. The third kappa shape index (κ3) is 4.48. The van der Waals surface area contributed by atoms with Gasteiger partial charge in [-0.05, 0) is 42.5 Å². The molecule has 0 bridgehead atoms. The monoisotopic (exact) mass is 391 g/mol. The molecule has 3 N–H and O–H groups in total. The maximum absolute atomic E-state index is 12.6. The summed E-state index contributed by atoms with van der Waals surface area (Å²) in [4.78, 5) is 18.6. The number of nitrogens with zero attached hydrogens (tertiary/aromatic N) is 3. The Balaban J connectivity index is 1.62. The molecular weight excluding hydrogens is 366 g/mol. The van der Waals surface area contributed by atoms with Gasteiger partial charge in [0, 0.05) is 32.0 Å². The average Bonchev–Trinajstić information content (AvgIpc) is 3.14. The Morgan fingerprint density at radius 3 is 2.81 bits per heavy atom. The fraction of sp³-hybridized carbons (Fsp3) is 0.444. The van der Waals surface area contributed by atoms with Gasteiger partial charge in [0.05, 0.1) is 17.3 Å². The SMILES string of the molecule is Cc1cc(S(N)(=O)=O)ccc1CNC(=O)N1CCC(C)C(n2ccnc2)C1. The van der Waals surface area contributed by atoms with Gasteiger partial charge in [0.2, 0.25) is 10.0 Å². The predicted molar refractivity (Wildman–Crippen MR) is 101 cm³/mol. The van der Waals surface area contributed by atoms with E-state index in [2.05, 4.69) is 21.8 Å². The molecule has 27 heavy (non-hydrogen) atoms. The first kappa shape index (κ1) is 19.4. The lowest BCUT2D eigenvalue weighted by molar-refractivity contribution is 0.140. The van der Waals surface area contributed by atoms with Crippen LogP contribution in [0.2, 0.25) is 0 Å². The number of likely N-dealkylation sites (tertiary alicyclic amines) is 1. The van der Waals surface area contributed by atoms with Gasteiger partial charge in [-0.15, -0.1) is 0 Å². The maximum atomic E-state index is 12.6. The number of nitrogens with one attached hydrogen (secondary N) is 1. The topological polar surface area (TPSA) is 110 Å². The van der Waals surface area contributed by atoms with E-state index in [9.17, 15) is 13.2 Å². The van der Waals surface area contributed by atoms with E-state index in [1.165, 1.54) is 12.1 Å². The normalized spacial score (nSPS) is 20.5. The van der Waals surface area contributed by atoms with Crippen LogP contribution < -0.4 is 10.5 Å². The molecular formula is C18H25N5O3S. The lowest BCUT2D eigenvalue weighted by Crippen LogP contribution is -2.47. The highest BCUT2D eigenvalue weighted by atomic mass is 32.2. The predicted octanol–water partition coefficient (Wildman–Crippen LogP) is 1.63. The van der Waals surface area contributed by atoms with Gasteiger partial charge in [-0.2, -0.15) is 0 Å². The molecule has 1 aliphatic heterocycles. The number of benzene rings is 1. The number of carbonyl (C=O) groups is 1. The molecule has 2 unspecified atom stereocenters. The third-order valence-corrected chi connectivity index (χ3v) is 6.10. The van der Waals surface area contributed by atoms with Gasteiger partial charge in [0.15, 0.2) is 0 Å². The van der Waals surface area contributed by atoms with Crippen molar-refractivity contribution in [3.63, 3.8) is 0 Å². The Morgan fingerprint density at radius 1 is 1.41 bits per heavy atom. The number of piperidine rings is 1. The van der Waals surface area contributed by atoms with E-state index in [1.54, 1.807) is 25.5 Å². The average molecular weight is 391 g/mol. The molecule has 146 valence electrons. The van der Waals surface area contributed by atoms with Crippen molar-refractivity contribution >= 4 is 16.1 Å². The largest absolute Gasteiger partial charge is 0.334 e. The fourth-order valence-electron chi connectivity index (χ4n) is 3.41. The summed E-state index contributed by atoms with van der Waals surface area (Å²) in [5.41, 5.74) is 1.62. The minimum Gasteiger partial charge on any atom is -0.334 e. The summed E-state index contributed by atoms with van der Waals surface area (Å²) < 4.78 is 24.9. The van der Waals surface area contributed by atoms with Gasteiger partial charge in [-0.1, -0.05) is 13.0 Å². The van der Waals surface area contributed by atoms with Crippen molar-refractivity contribution in [1.29, 1.82) is 0 Å². The summed E-state index contributed by atoms with van der Waals surface area (Å²) >= 11 is 0. The number of aromatic nitrogens is 2. The van der Waals surface area contributed by atoms with Crippen molar-refractivity contribution in [3.8, 4) is 0 Å². The standard InChI is InChI=1S/C18H25N5O3S/c1-13-5-7-22(11-17(13)23-8-6-20-12-23)18(24)21-10-15-3-4-16(9-14(15)2)27(19,25)26/h3-4,6,8-9,12-13,17H,5,7,10-11H2,1-2H3,(H,21,24)(H2,19,25,26). The smallest absolute Gasteiger partial charge is 0.317 e. The number of imidazole rings is 1. The highest BCUT2D eigenvalue weighted by molar-refractivity contribution is 7.89. The summed E-state index contributed by atoms with van der Waals surface area (Å²) in [7, 11) is -3.73. The molecule has 2 atom stereocenters. The number of sulfonamides is 1. The molecule has 2 heterocycles. The van der Waals surface area contributed by atoms with Crippen LogP contribution in [0.25, 0.3) is 0 Å². The number of nitrogens with two attached hydrogens (primary N) is 1. The number of urea groups is 1. The second-order valence-corrected chi connectivity index (χ2v) is 8.64. The molecule has 2 aromatic rings. The number of primary sulfonamides is 1. The van der Waals surface area contributed by atoms with Crippen molar-refractivity contribution in [2.24, 2.45) is 11.1 Å². The van der Waals surface area contributed by atoms with Gasteiger partial charge in [0.25, 0.3) is 0 Å². The number of rotatable bonds is 4. The minimum atomic E-state index is -3.73. The van der Waals surface area contributed by atoms with E-state index in [1.807, 2.05) is 11.1 Å². The second-order valence-electron chi connectivity index (χ2n) is 7.08. The van der Waals surface area contributed by atoms with E-state index >= 15 is 0 Å². The Bertz CT molecular complexity index is 911. The van der Waals surface area contributed by atoms with E-state index in [0.717, 1.165) is 17.5 Å². The summed E-state index contributed by atoms with van der Waals surface area (Å²) in [6.07, 6.45) is 6.40. The zero-order chi connectivity index (χ0) is 19.6. The van der Waals surface area contributed by atoms with Gasteiger partial charge in [-0.25, -0.2) is 23.3 Å². The van der Waals surface area contributed by atoms with E-state index in [4.69, 9.17) is 5.14 Å². The first-order valence-electron chi connectivity index (χ1n) is 8.88. The molecule has 1 saturated heterocycles. The molecule has 1 aromatic carbocycles. The highest BCUT2D eigenvalue weighted by Gasteiger charge is 2.29. The lowest BCUT2D eigenvalue weighted by atomic mass is 9.93. The van der Waals surface area contributed by atoms with E-state index in [-0.39, 0.29) is 17.0 Å². The first-order valence-corrected chi connectivity index (χ1v) is 10.4. The molecule has 0 spiro atoms. The van der Waals surface area contributed by atoms with E-state index < -0.39 is 10.0 Å². The Morgan fingerprint density at radius 2 is 2.19 bits per heavy atom. The lowest BCUT2D eigenvalue weighted by Gasteiger charge is -2.37. The van der Waals surface area contributed by atoms with Crippen molar-refractivity contribution in [3.05, 3.63) is 48.0 Å². The van der Waals surface area contributed by atoms with Crippen molar-refractivity contribution in [2.45, 2.75) is 37.8 Å². The molecule has 0 aliphatic carbocycles. The van der Waals surface area contributed by atoms with Crippen LogP contribution in [0.5, 0.6) is 0 Å². The molecule has 0 radical (unpaired) electrons. The second kappa shape index (κ2) is 7.69. The molecule has 3 rings (SSSR count). The van der Waals surface area contributed by atoms with E-state index in [0.29, 0.717) is 25.6 Å². The van der Waals surface area contributed by atoms with Crippen molar-refractivity contribution < 1.29 is 13.2 Å². The summed E-state index contributed by atoms with van der Waals surface area (Å²) in [6.45, 7) is 5.66. The number of hydrogen-bond donors (Lipinski definition) is 2. The Hall–Kier alpha value is -2.39. The Labute approximate surface area is 159 Å². The molecule has 2 amide bonds.